The summed E-state index contributed by atoms with van der Waals surface area (Å²) in [5, 5.41) is 2.92. The van der Waals surface area contributed by atoms with Crippen LogP contribution in [-0.2, 0) is 0 Å². The van der Waals surface area contributed by atoms with E-state index < -0.39 is 0 Å². The zero-order chi connectivity index (χ0) is 16.3. The van der Waals surface area contributed by atoms with Gasteiger partial charge in [0.05, 0.1) is 14.2 Å². The number of halogens is 1. The van der Waals surface area contributed by atoms with Crippen LogP contribution in [0.1, 0.15) is 21.5 Å². The van der Waals surface area contributed by atoms with Crippen molar-refractivity contribution in [3.05, 3.63) is 50.6 Å². The van der Waals surface area contributed by atoms with Gasteiger partial charge in [-0.2, -0.15) is 0 Å². The topological polar surface area (TPSA) is 47.6 Å². The number of hydrogen-bond donors (Lipinski definition) is 1. The molecule has 116 valence electrons. The number of aryl methyl sites for hydroxylation is 1. The summed E-state index contributed by atoms with van der Waals surface area (Å²) in [6.07, 6.45) is 0. The maximum atomic E-state index is 12.5. The fourth-order valence-electron chi connectivity index (χ4n) is 2.18. The normalized spacial score (nSPS) is 10.2. The second-order valence-corrected chi connectivity index (χ2v) is 6.16. The molecule has 2 rings (SSSR count). The zero-order valence-electron chi connectivity index (χ0n) is 13.0. The summed E-state index contributed by atoms with van der Waals surface area (Å²) in [6.45, 7) is 3.86. The zero-order valence-corrected chi connectivity index (χ0v) is 15.1. The van der Waals surface area contributed by atoms with Crippen molar-refractivity contribution in [1.29, 1.82) is 0 Å². The highest BCUT2D eigenvalue weighted by Crippen LogP contribution is 2.30. The highest BCUT2D eigenvalue weighted by molar-refractivity contribution is 14.1. The fourth-order valence-corrected chi connectivity index (χ4v) is 2.83. The average molecular weight is 411 g/mol. The Morgan fingerprint density at radius 2 is 1.64 bits per heavy atom. The number of carbonyl (C=O) groups is 1. The van der Waals surface area contributed by atoms with Gasteiger partial charge in [-0.1, -0.05) is 0 Å². The summed E-state index contributed by atoms with van der Waals surface area (Å²) in [7, 11) is 3.15. The van der Waals surface area contributed by atoms with E-state index in [0.717, 1.165) is 20.4 Å². The largest absolute Gasteiger partial charge is 0.496 e. The van der Waals surface area contributed by atoms with Gasteiger partial charge in [-0.25, -0.2) is 0 Å². The van der Waals surface area contributed by atoms with Crippen LogP contribution in [0.3, 0.4) is 0 Å². The number of carbonyl (C=O) groups excluding carboxylic acids is 1. The van der Waals surface area contributed by atoms with Crippen molar-refractivity contribution in [2.75, 3.05) is 19.5 Å². The molecule has 5 heteroatoms. The molecule has 0 bridgehead atoms. The van der Waals surface area contributed by atoms with Crippen molar-refractivity contribution < 1.29 is 14.3 Å². The molecule has 0 fully saturated rings. The molecule has 1 N–H and O–H groups in total. The molecule has 4 nitrogen and oxygen atoms in total. The number of rotatable bonds is 4. The minimum Gasteiger partial charge on any atom is -0.496 e. The summed E-state index contributed by atoms with van der Waals surface area (Å²) in [4.78, 5) is 12.5. The number of amides is 1. The molecule has 0 aliphatic carbocycles. The fraction of sp³-hybridized carbons (Fsp3) is 0.235. The van der Waals surface area contributed by atoms with Crippen LogP contribution in [0.4, 0.5) is 5.69 Å². The summed E-state index contributed by atoms with van der Waals surface area (Å²) in [5.74, 6) is 1.06. The Morgan fingerprint density at radius 1 is 1.05 bits per heavy atom. The summed E-state index contributed by atoms with van der Waals surface area (Å²) in [5.41, 5.74) is 3.18. The van der Waals surface area contributed by atoms with Crippen LogP contribution >= 0.6 is 22.6 Å². The van der Waals surface area contributed by atoms with Crippen molar-refractivity contribution >= 4 is 34.2 Å². The van der Waals surface area contributed by atoms with Crippen LogP contribution in [0.5, 0.6) is 11.5 Å². The lowest BCUT2D eigenvalue weighted by atomic mass is 10.1. The minimum absolute atomic E-state index is 0.194. The Hall–Kier alpha value is -1.76. The number of benzene rings is 2. The summed E-state index contributed by atoms with van der Waals surface area (Å²) in [6, 6.07) is 9.31. The van der Waals surface area contributed by atoms with E-state index in [9.17, 15) is 4.79 Å². The van der Waals surface area contributed by atoms with Crippen LogP contribution in [0.15, 0.2) is 30.3 Å². The molecule has 0 spiro atoms. The molecule has 0 heterocycles. The molecule has 0 aliphatic heterocycles. The van der Waals surface area contributed by atoms with Gasteiger partial charge < -0.3 is 14.8 Å². The highest BCUT2D eigenvalue weighted by atomic mass is 127. The Bertz CT molecular complexity index is 688. The molecule has 2 aromatic carbocycles. The molecular weight excluding hydrogens is 393 g/mol. The third-order valence-electron chi connectivity index (χ3n) is 3.45. The van der Waals surface area contributed by atoms with Crippen LogP contribution in [0.2, 0.25) is 0 Å². The first kappa shape index (κ1) is 16.6. The van der Waals surface area contributed by atoms with E-state index in [-0.39, 0.29) is 5.91 Å². The second-order valence-electron chi connectivity index (χ2n) is 4.92. The van der Waals surface area contributed by atoms with Crippen molar-refractivity contribution in [2.45, 2.75) is 13.8 Å². The van der Waals surface area contributed by atoms with E-state index in [1.807, 2.05) is 32.0 Å². The maximum Gasteiger partial charge on any atom is 0.255 e. The van der Waals surface area contributed by atoms with E-state index in [1.165, 1.54) is 0 Å². The Balaban J connectivity index is 2.33. The van der Waals surface area contributed by atoms with Gasteiger partial charge in [0.15, 0.2) is 0 Å². The van der Waals surface area contributed by atoms with Crippen molar-refractivity contribution in [3.8, 4) is 11.5 Å². The van der Waals surface area contributed by atoms with Crippen LogP contribution in [0.25, 0.3) is 0 Å². The van der Waals surface area contributed by atoms with Crippen molar-refractivity contribution in [3.63, 3.8) is 0 Å². The van der Waals surface area contributed by atoms with Crippen LogP contribution in [-0.4, -0.2) is 20.1 Å². The molecule has 0 atom stereocenters. The Labute approximate surface area is 144 Å². The lowest BCUT2D eigenvalue weighted by molar-refractivity contribution is 0.102. The molecule has 2 aromatic rings. The first-order chi connectivity index (χ1) is 10.5. The summed E-state index contributed by atoms with van der Waals surface area (Å²) >= 11 is 2.24. The van der Waals surface area contributed by atoms with Crippen LogP contribution < -0.4 is 14.8 Å². The van der Waals surface area contributed by atoms with Crippen molar-refractivity contribution in [1.82, 2.24) is 0 Å². The van der Waals surface area contributed by atoms with E-state index in [1.54, 1.807) is 26.4 Å². The highest BCUT2D eigenvalue weighted by Gasteiger charge is 2.14. The van der Waals surface area contributed by atoms with Gasteiger partial charge in [-0.3, -0.25) is 4.79 Å². The summed E-state index contributed by atoms with van der Waals surface area (Å²) < 4.78 is 11.7. The van der Waals surface area contributed by atoms with E-state index in [4.69, 9.17) is 9.47 Å². The molecule has 0 radical (unpaired) electrons. The number of methoxy groups -OCH3 is 2. The first-order valence-electron chi connectivity index (χ1n) is 6.76. The number of nitrogens with one attached hydrogen (secondary N) is 1. The Morgan fingerprint density at radius 3 is 2.14 bits per heavy atom. The Kier molecular flexibility index (Phi) is 5.28. The number of ether oxygens (including phenoxy) is 2. The third-order valence-corrected chi connectivity index (χ3v) is 4.12. The molecule has 0 saturated heterocycles. The van der Waals surface area contributed by atoms with Gasteiger partial charge in [0, 0.05) is 20.4 Å². The van der Waals surface area contributed by atoms with Gasteiger partial charge in [0.25, 0.3) is 5.91 Å². The van der Waals surface area contributed by atoms with Gasteiger partial charge in [0.2, 0.25) is 0 Å². The quantitative estimate of drug-likeness (QED) is 0.769. The standard InChI is InChI=1S/C17H18INO3/c1-10-7-13(18)5-6-14(10)19-17(20)12-8-15(21-3)11(2)16(9-12)22-4/h5-9H,1-4H3,(H,19,20). The second kappa shape index (κ2) is 7.00. The maximum absolute atomic E-state index is 12.5. The number of hydrogen-bond acceptors (Lipinski definition) is 3. The first-order valence-corrected chi connectivity index (χ1v) is 7.84. The molecular formula is C17H18INO3. The average Bonchev–Trinajstić information content (AvgIpc) is 2.50. The number of anilines is 1. The molecule has 0 saturated carbocycles. The van der Waals surface area contributed by atoms with E-state index in [0.29, 0.717) is 17.1 Å². The monoisotopic (exact) mass is 411 g/mol. The van der Waals surface area contributed by atoms with Gasteiger partial charge in [-0.15, -0.1) is 0 Å². The predicted molar refractivity (Wildman–Crippen MR) is 96.1 cm³/mol. The van der Waals surface area contributed by atoms with Crippen LogP contribution in [0, 0.1) is 17.4 Å². The SMILES string of the molecule is COc1cc(C(=O)Nc2ccc(I)cc2C)cc(OC)c1C. The lowest BCUT2D eigenvalue weighted by Crippen LogP contribution is -2.13. The molecule has 1 amide bonds. The molecule has 0 unspecified atom stereocenters. The van der Waals surface area contributed by atoms with Gasteiger partial charge >= 0.3 is 0 Å². The van der Waals surface area contributed by atoms with Gasteiger partial charge in [0.1, 0.15) is 11.5 Å². The lowest BCUT2D eigenvalue weighted by Gasteiger charge is -2.13. The van der Waals surface area contributed by atoms with Crippen molar-refractivity contribution in [2.24, 2.45) is 0 Å². The minimum atomic E-state index is -0.194. The third kappa shape index (κ3) is 3.52. The smallest absolute Gasteiger partial charge is 0.255 e. The molecule has 22 heavy (non-hydrogen) atoms. The van der Waals surface area contributed by atoms with Gasteiger partial charge in [-0.05, 0) is 72.3 Å². The van der Waals surface area contributed by atoms with E-state index >= 15 is 0 Å². The predicted octanol–water partition coefficient (Wildman–Crippen LogP) is 4.18. The van der Waals surface area contributed by atoms with E-state index in [2.05, 4.69) is 27.9 Å². The molecule has 0 aromatic heterocycles. The molecule has 0 aliphatic rings.